The van der Waals surface area contributed by atoms with Gasteiger partial charge in [-0.25, -0.2) is 0 Å². The standard InChI is InChI=1S/C14H17NOS/c1-15-10-9-13(14-8-5-11-17-14)16-12-6-3-2-4-7-12/h2-8,11,13,15H,9-10H2,1H3. The molecule has 0 saturated carbocycles. The number of hydrogen-bond donors (Lipinski definition) is 1. The fourth-order valence-corrected chi connectivity index (χ4v) is 2.46. The number of ether oxygens (including phenoxy) is 1. The lowest BCUT2D eigenvalue weighted by Crippen LogP contribution is -2.15. The first-order valence-corrected chi connectivity index (χ1v) is 6.68. The van der Waals surface area contributed by atoms with Crippen molar-refractivity contribution in [2.24, 2.45) is 0 Å². The average Bonchev–Trinajstić information content (AvgIpc) is 2.89. The van der Waals surface area contributed by atoms with E-state index in [4.69, 9.17) is 4.74 Å². The van der Waals surface area contributed by atoms with Crippen LogP contribution in [0.5, 0.6) is 5.75 Å². The van der Waals surface area contributed by atoms with Crippen molar-refractivity contribution in [3.05, 3.63) is 52.7 Å². The van der Waals surface area contributed by atoms with Crippen LogP contribution in [-0.4, -0.2) is 13.6 Å². The van der Waals surface area contributed by atoms with Crippen LogP contribution < -0.4 is 10.1 Å². The molecule has 0 fully saturated rings. The molecule has 0 amide bonds. The molecular weight excluding hydrogens is 230 g/mol. The number of nitrogens with one attached hydrogen (secondary N) is 1. The topological polar surface area (TPSA) is 21.3 Å². The molecule has 2 aromatic rings. The molecule has 2 nitrogen and oxygen atoms in total. The maximum Gasteiger partial charge on any atom is 0.134 e. The molecule has 1 atom stereocenters. The van der Waals surface area contributed by atoms with Gasteiger partial charge in [-0.05, 0) is 37.2 Å². The minimum Gasteiger partial charge on any atom is -0.485 e. The van der Waals surface area contributed by atoms with Gasteiger partial charge in [0.25, 0.3) is 0 Å². The number of thiophene rings is 1. The number of para-hydroxylation sites is 1. The van der Waals surface area contributed by atoms with Gasteiger partial charge in [-0.15, -0.1) is 11.3 Å². The lowest BCUT2D eigenvalue weighted by molar-refractivity contribution is 0.198. The fourth-order valence-electron chi connectivity index (χ4n) is 1.67. The van der Waals surface area contributed by atoms with Crippen LogP contribution in [0.1, 0.15) is 17.4 Å². The summed E-state index contributed by atoms with van der Waals surface area (Å²) in [5.74, 6) is 0.932. The van der Waals surface area contributed by atoms with Crippen LogP contribution in [-0.2, 0) is 0 Å². The molecule has 17 heavy (non-hydrogen) atoms. The maximum atomic E-state index is 6.03. The van der Waals surface area contributed by atoms with Gasteiger partial charge in [0.1, 0.15) is 11.9 Å². The van der Waals surface area contributed by atoms with Crippen molar-refractivity contribution in [2.75, 3.05) is 13.6 Å². The van der Waals surface area contributed by atoms with E-state index in [2.05, 4.69) is 22.8 Å². The molecule has 2 rings (SSSR count). The summed E-state index contributed by atoms with van der Waals surface area (Å²) in [6.07, 6.45) is 1.12. The van der Waals surface area contributed by atoms with E-state index in [9.17, 15) is 0 Å². The first-order valence-electron chi connectivity index (χ1n) is 5.80. The Morgan fingerprint density at radius 1 is 1.18 bits per heavy atom. The third kappa shape index (κ3) is 3.58. The largest absolute Gasteiger partial charge is 0.485 e. The number of rotatable bonds is 6. The summed E-state index contributed by atoms with van der Waals surface area (Å²) in [6.45, 7) is 0.954. The van der Waals surface area contributed by atoms with E-state index in [0.717, 1.165) is 18.7 Å². The van der Waals surface area contributed by atoms with Gasteiger partial charge in [0, 0.05) is 11.3 Å². The Bertz CT molecular complexity index is 413. The second kappa shape index (κ2) is 6.42. The maximum absolute atomic E-state index is 6.03. The summed E-state index contributed by atoms with van der Waals surface area (Å²) in [6, 6.07) is 14.2. The van der Waals surface area contributed by atoms with Crippen molar-refractivity contribution in [1.29, 1.82) is 0 Å². The van der Waals surface area contributed by atoms with E-state index in [1.54, 1.807) is 11.3 Å². The van der Waals surface area contributed by atoms with Crippen molar-refractivity contribution in [3.8, 4) is 5.75 Å². The van der Waals surface area contributed by atoms with Crippen molar-refractivity contribution in [3.63, 3.8) is 0 Å². The Morgan fingerprint density at radius 2 is 2.00 bits per heavy atom. The van der Waals surface area contributed by atoms with Gasteiger partial charge in [-0.2, -0.15) is 0 Å². The predicted molar refractivity (Wildman–Crippen MR) is 72.7 cm³/mol. The highest BCUT2D eigenvalue weighted by Gasteiger charge is 2.13. The van der Waals surface area contributed by atoms with Crippen LogP contribution in [0.15, 0.2) is 47.8 Å². The normalized spacial score (nSPS) is 12.3. The molecule has 1 heterocycles. The van der Waals surface area contributed by atoms with Gasteiger partial charge in [-0.1, -0.05) is 24.3 Å². The van der Waals surface area contributed by atoms with Gasteiger partial charge >= 0.3 is 0 Å². The molecule has 1 unspecified atom stereocenters. The molecule has 3 heteroatoms. The van der Waals surface area contributed by atoms with E-state index in [1.807, 2.05) is 37.4 Å². The Morgan fingerprint density at radius 3 is 2.65 bits per heavy atom. The molecule has 0 aliphatic carbocycles. The smallest absolute Gasteiger partial charge is 0.134 e. The average molecular weight is 247 g/mol. The summed E-state index contributed by atoms with van der Waals surface area (Å²) in [4.78, 5) is 1.28. The van der Waals surface area contributed by atoms with Crippen molar-refractivity contribution < 1.29 is 4.74 Å². The molecule has 1 aromatic heterocycles. The lowest BCUT2D eigenvalue weighted by Gasteiger charge is -2.17. The van der Waals surface area contributed by atoms with Crippen molar-refractivity contribution in [2.45, 2.75) is 12.5 Å². The zero-order valence-corrected chi connectivity index (χ0v) is 10.7. The van der Waals surface area contributed by atoms with Gasteiger partial charge in [-0.3, -0.25) is 0 Å². The minimum atomic E-state index is 0.143. The SMILES string of the molecule is CNCCC(Oc1ccccc1)c1cccs1. The quantitative estimate of drug-likeness (QED) is 0.844. The minimum absolute atomic E-state index is 0.143. The van der Waals surface area contributed by atoms with E-state index in [-0.39, 0.29) is 6.10 Å². The summed E-state index contributed by atoms with van der Waals surface area (Å²) in [5, 5.41) is 5.26. The molecule has 0 saturated heterocycles. The highest BCUT2D eigenvalue weighted by molar-refractivity contribution is 7.10. The van der Waals surface area contributed by atoms with Crippen molar-refractivity contribution in [1.82, 2.24) is 5.32 Å². The second-order valence-corrected chi connectivity index (χ2v) is 4.81. The zero-order chi connectivity index (χ0) is 11.9. The molecule has 0 radical (unpaired) electrons. The molecule has 0 aliphatic rings. The van der Waals surface area contributed by atoms with Gasteiger partial charge in [0.15, 0.2) is 0 Å². The molecule has 90 valence electrons. The molecule has 1 N–H and O–H groups in total. The summed E-state index contributed by atoms with van der Waals surface area (Å²) >= 11 is 1.75. The first kappa shape index (κ1) is 12.1. The summed E-state index contributed by atoms with van der Waals surface area (Å²) < 4.78 is 6.03. The van der Waals surface area contributed by atoms with Gasteiger partial charge in [0.2, 0.25) is 0 Å². The lowest BCUT2D eigenvalue weighted by atomic mass is 10.2. The summed E-state index contributed by atoms with van der Waals surface area (Å²) in [5.41, 5.74) is 0. The zero-order valence-electron chi connectivity index (χ0n) is 9.93. The van der Waals surface area contributed by atoms with E-state index in [0.29, 0.717) is 0 Å². The van der Waals surface area contributed by atoms with Crippen LogP contribution >= 0.6 is 11.3 Å². The van der Waals surface area contributed by atoms with E-state index < -0.39 is 0 Å². The Hall–Kier alpha value is -1.32. The monoisotopic (exact) mass is 247 g/mol. The van der Waals surface area contributed by atoms with Crippen LogP contribution in [0.25, 0.3) is 0 Å². The first-order chi connectivity index (χ1) is 8.40. The van der Waals surface area contributed by atoms with Crippen LogP contribution in [0.2, 0.25) is 0 Å². The third-order valence-electron chi connectivity index (χ3n) is 2.54. The second-order valence-electron chi connectivity index (χ2n) is 3.83. The highest BCUT2D eigenvalue weighted by Crippen LogP contribution is 2.27. The van der Waals surface area contributed by atoms with Gasteiger partial charge in [0.05, 0.1) is 0 Å². The van der Waals surface area contributed by atoms with Crippen LogP contribution in [0.3, 0.4) is 0 Å². The highest BCUT2D eigenvalue weighted by atomic mass is 32.1. The Balaban J connectivity index is 2.06. The van der Waals surface area contributed by atoms with E-state index >= 15 is 0 Å². The molecule has 0 spiro atoms. The molecule has 0 bridgehead atoms. The molecule has 1 aromatic carbocycles. The van der Waals surface area contributed by atoms with Crippen molar-refractivity contribution >= 4 is 11.3 Å². The number of hydrogen-bond acceptors (Lipinski definition) is 3. The molecular formula is C14H17NOS. The third-order valence-corrected chi connectivity index (χ3v) is 3.50. The number of benzene rings is 1. The predicted octanol–water partition coefficient (Wildman–Crippen LogP) is 3.48. The van der Waals surface area contributed by atoms with Crippen LogP contribution in [0, 0.1) is 0 Å². The summed E-state index contributed by atoms with van der Waals surface area (Å²) in [7, 11) is 1.97. The van der Waals surface area contributed by atoms with E-state index in [1.165, 1.54) is 4.88 Å². The fraction of sp³-hybridized carbons (Fsp3) is 0.286. The van der Waals surface area contributed by atoms with Crippen LogP contribution in [0.4, 0.5) is 0 Å². The Labute approximate surface area is 106 Å². The Kier molecular flexibility index (Phi) is 4.59. The molecule has 0 aliphatic heterocycles. The van der Waals surface area contributed by atoms with Gasteiger partial charge < -0.3 is 10.1 Å².